The summed E-state index contributed by atoms with van der Waals surface area (Å²) in [4.78, 5) is 47.5. The minimum absolute atomic E-state index is 0.0956. The smallest absolute Gasteiger partial charge is 0.261 e. The lowest BCUT2D eigenvalue weighted by Gasteiger charge is -2.37. The number of nitrogens with two attached hydrogens (primary N) is 4. The first-order valence-corrected chi connectivity index (χ1v) is 18.5. The second-order valence-corrected chi connectivity index (χ2v) is 14.8. The molecule has 0 spiro atoms. The van der Waals surface area contributed by atoms with Crippen LogP contribution in [-0.4, -0.2) is 109 Å². The zero-order chi connectivity index (χ0) is 37.7. The fourth-order valence-electron chi connectivity index (χ4n) is 7.90. The van der Waals surface area contributed by atoms with Gasteiger partial charge in [-0.15, -0.1) is 0 Å². The molecule has 0 saturated carbocycles. The minimum atomic E-state index is -0.610. The predicted octanol–water partition coefficient (Wildman–Crippen LogP) is 0.414. The standard InChI is InChI=1S/C36H47FN14O3/c1-19-18-54-32-29-26(12-28(37)30(32)48-8-6-42-7-9-48)31(52)27(17-51(19)29)33(53)43-24-2-4-25(5-3-24)44-34-45-35(49-13-20(38)10-21(39)14-49)47-36(46-34)50-15-22(40)11-23(41)16-50/h2-5,12,17,19-23,42H,6-11,13-16,18,38-41H2,1H3,(H,43,53)(H,44,45,46,47)/t19?,20-,21+,22-,23+. The Balaban J connectivity index is 1.04. The van der Waals surface area contributed by atoms with E-state index < -0.39 is 17.2 Å². The van der Waals surface area contributed by atoms with Gasteiger partial charge in [0.25, 0.3) is 5.91 Å². The molecule has 286 valence electrons. The number of aromatic nitrogens is 4. The maximum Gasteiger partial charge on any atom is 0.261 e. The topological polar surface area (TPSA) is 237 Å². The van der Waals surface area contributed by atoms with E-state index in [-0.39, 0.29) is 47.8 Å². The molecule has 17 nitrogen and oxygen atoms in total. The molecular formula is C36H47FN14O3. The third-order valence-corrected chi connectivity index (χ3v) is 10.4. The molecule has 0 radical (unpaired) electrons. The molecule has 3 saturated heterocycles. The summed E-state index contributed by atoms with van der Waals surface area (Å²) in [6.45, 7) is 7.03. The quantitative estimate of drug-likeness (QED) is 0.136. The Hall–Kier alpha value is -5.14. The van der Waals surface area contributed by atoms with Crippen molar-refractivity contribution in [3.63, 3.8) is 0 Å². The van der Waals surface area contributed by atoms with Crippen LogP contribution in [0.15, 0.2) is 41.3 Å². The molecule has 2 aromatic carbocycles. The highest BCUT2D eigenvalue weighted by atomic mass is 19.1. The van der Waals surface area contributed by atoms with Gasteiger partial charge in [-0.25, -0.2) is 4.39 Å². The Morgan fingerprint density at radius 2 is 1.44 bits per heavy atom. The number of anilines is 6. The molecule has 0 aliphatic carbocycles. The van der Waals surface area contributed by atoms with Crippen molar-refractivity contribution in [1.82, 2.24) is 24.8 Å². The van der Waals surface area contributed by atoms with Crippen molar-refractivity contribution in [2.75, 3.05) is 84.3 Å². The van der Waals surface area contributed by atoms with Gasteiger partial charge in [0.15, 0.2) is 11.6 Å². The zero-order valence-corrected chi connectivity index (χ0v) is 30.2. The Morgan fingerprint density at radius 3 is 2.04 bits per heavy atom. The lowest BCUT2D eigenvalue weighted by molar-refractivity contribution is 0.102. The molecule has 8 rings (SSSR count). The molecule has 18 heteroatoms. The average molecular weight is 743 g/mol. The first kappa shape index (κ1) is 35.9. The number of ether oxygens (including phenoxy) is 1. The van der Waals surface area contributed by atoms with Crippen molar-refractivity contribution in [1.29, 1.82) is 0 Å². The maximum absolute atomic E-state index is 15.7. The van der Waals surface area contributed by atoms with Crippen LogP contribution in [0.4, 0.5) is 39.3 Å². The minimum Gasteiger partial charge on any atom is -0.487 e. The molecule has 11 N–H and O–H groups in total. The normalized spacial score (nSPS) is 24.3. The number of halogens is 1. The summed E-state index contributed by atoms with van der Waals surface area (Å²) in [6, 6.07) is 7.47. The number of rotatable bonds is 7. The molecular weight excluding hydrogens is 695 g/mol. The van der Waals surface area contributed by atoms with Crippen LogP contribution in [0, 0.1) is 5.82 Å². The summed E-state index contributed by atoms with van der Waals surface area (Å²) in [5, 5.41) is 9.45. The van der Waals surface area contributed by atoms with Crippen molar-refractivity contribution in [3.05, 3.63) is 58.1 Å². The van der Waals surface area contributed by atoms with Crippen molar-refractivity contribution in [2.24, 2.45) is 22.9 Å². The number of hydrogen-bond donors (Lipinski definition) is 7. The number of benzene rings is 2. The summed E-state index contributed by atoms with van der Waals surface area (Å²) < 4.78 is 23.6. The Morgan fingerprint density at radius 1 is 0.870 bits per heavy atom. The summed E-state index contributed by atoms with van der Waals surface area (Å²) in [5.74, 6) is 0.357. The van der Waals surface area contributed by atoms with Gasteiger partial charge in [-0.3, -0.25) is 9.59 Å². The SMILES string of the molecule is CC1COc2c(N3CCNCC3)c(F)cc3c(=O)c(C(=O)Nc4ccc(Nc5nc(N6C[C@H](N)C[C@H](N)C6)nc(N6C[C@H](N)C[C@H](N)C6)n5)cc4)cn1c23. The zero-order valence-electron chi connectivity index (χ0n) is 30.2. The van der Waals surface area contributed by atoms with E-state index in [4.69, 9.17) is 42.6 Å². The van der Waals surface area contributed by atoms with Crippen LogP contribution in [0.25, 0.3) is 10.9 Å². The summed E-state index contributed by atoms with van der Waals surface area (Å²) >= 11 is 0. The van der Waals surface area contributed by atoms with Crippen molar-refractivity contribution in [2.45, 2.75) is 50.0 Å². The van der Waals surface area contributed by atoms with Gasteiger partial charge in [0.2, 0.25) is 23.3 Å². The van der Waals surface area contributed by atoms with Gasteiger partial charge in [-0.05, 0) is 50.1 Å². The molecule has 54 heavy (non-hydrogen) atoms. The molecule has 4 aromatic rings. The largest absolute Gasteiger partial charge is 0.487 e. The van der Waals surface area contributed by atoms with E-state index >= 15 is 4.39 Å². The lowest BCUT2D eigenvalue weighted by Crippen LogP contribution is -2.54. The first-order valence-electron chi connectivity index (χ1n) is 18.5. The van der Waals surface area contributed by atoms with E-state index in [0.717, 1.165) is 0 Å². The maximum atomic E-state index is 15.7. The van der Waals surface area contributed by atoms with Gasteiger partial charge in [0, 0.05) is 94.1 Å². The number of carbonyl (C=O) groups is 1. The number of nitrogens with one attached hydrogen (secondary N) is 3. The second-order valence-electron chi connectivity index (χ2n) is 14.8. The highest BCUT2D eigenvalue weighted by Gasteiger charge is 2.32. The van der Waals surface area contributed by atoms with E-state index in [1.165, 1.54) is 6.07 Å². The highest BCUT2D eigenvalue weighted by molar-refractivity contribution is 6.06. The van der Waals surface area contributed by atoms with Crippen LogP contribution in [-0.2, 0) is 0 Å². The van der Waals surface area contributed by atoms with Gasteiger partial charge in [0.05, 0.1) is 16.9 Å². The highest BCUT2D eigenvalue weighted by Crippen LogP contribution is 2.42. The number of piperidine rings is 2. The van der Waals surface area contributed by atoms with Crippen LogP contribution >= 0.6 is 0 Å². The molecule has 6 heterocycles. The predicted molar refractivity (Wildman–Crippen MR) is 207 cm³/mol. The third-order valence-electron chi connectivity index (χ3n) is 10.4. The molecule has 5 atom stereocenters. The van der Waals surface area contributed by atoms with E-state index in [9.17, 15) is 9.59 Å². The summed E-state index contributed by atoms with van der Waals surface area (Å²) in [6.07, 6.45) is 2.97. The second kappa shape index (κ2) is 14.6. The fraction of sp³-hybridized carbons (Fsp3) is 0.472. The molecule has 3 fully saturated rings. The Labute approximate surface area is 311 Å². The van der Waals surface area contributed by atoms with Gasteiger partial charge < -0.3 is 62.9 Å². The van der Waals surface area contributed by atoms with Crippen LogP contribution in [0.5, 0.6) is 5.75 Å². The van der Waals surface area contributed by atoms with Crippen LogP contribution in [0.3, 0.4) is 0 Å². The Bertz CT molecular complexity index is 2050. The van der Waals surface area contributed by atoms with Gasteiger partial charge in [-0.1, -0.05) is 0 Å². The van der Waals surface area contributed by atoms with E-state index in [0.29, 0.717) is 111 Å². The van der Waals surface area contributed by atoms with Crippen LogP contribution in [0.2, 0.25) is 0 Å². The summed E-state index contributed by atoms with van der Waals surface area (Å²) in [5.41, 5.74) is 26.4. The fourth-order valence-corrected chi connectivity index (χ4v) is 7.90. The number of nitrogens with zero attached hydrogens (tertiary/aromatic N) is 7. The molecule has 4 aliphatic heterocycles. The van der Waals surface area contributed by atoms with E-state index in [1.54, 1.807) is 30.5 Å². The monoisotopic (exact) mass is 742 g/mol. The van der Waals surface area contributed by atoms with Crippen molar-refractivity contribution < 1.29 is 13.9 Å². The average Bonchev–Trinajstić information content (AvgIpc) is 3.14. The number of pyridine rings is 1. The first-order chi connectivity index (χ1) is 26.0. The number of amides is 1. The summed E-state index contributed by atoms with van der Waals surface area (Å²) in [7, 11) is 0. The molecule has 1 amide bonds. The van der Waals surface area contributed by atoms with Crippen molar-refractivity contribution in [3.8, 4) is 5.75 Å². The van der Waals surface area contributed by atoms with Crippen LogP contribution < -0.4 is 63.8 Å². The van der Waals surface area contributed by atoms with E-state index in [2.05, 4.69) is 16.0 Å². The van der Waals surface area contributed by atoms with Gasteiger partial charge >= 0.3 is 0 Å². The molecule has 4 aliphatic rings. The lowest BCUT2D eigenvalue weighted by atomic mass is 10.0. The van der Waals surface area contributed by atoms with Gasteiger partial charge in [-0.2, -0.15) is 15.0 Å². The third kappa shape index (κ3) is 7.09. The van der Waals surface area contributed by atoms with E-state index in [1.807, 2.05) is 26.2 Å². The molecule has 0 bridgehead atoms. The number of piperazine rings is 1. The molecule has 1 unspecified atom stereocenters. The Kier molecular flexibility index (Phi) is 9.69. The number of carbonyl (C=O) groups excluding carboxylic acids is 1. The van der Waals surface area contributed by atoms with Crippen molar-refractivity contribution >= 4 is 51.7 Å². The van der Waals surface area contributed by atoms with Gasteiger partial charge in [0.1, 0.15) is 17.9 Å². The number of hydrogen-bond acceptors (Lipinski definition) is 15. The van der Waals surface area contributed by atoms with Crippen LogP contribution in [0.1, 0.15) is 36.2 Å². The molecule has 2 aromatic heterocycles.